The number of hydrogen-bond donors (Lipinski definition) is 1. The Kier molecular flexibility index (Phi) is 2.04. The maximum absolute atomic E-state index is 5.66. The Hall–Kier alpha value is -0.960. The lowest BCUT2D eigenvalue weighted by Crippen LogP contribution is -2.19. The standard InChI is InChI=1S/C9H13N3/c10-4-7-2-1-3-8-5-11-6-12-9(7)8/h5-7H,1-4,10H2. The molecule has 1 unspecified atom stereocenters. The van der Waals surface area contributed by atoms with Gasteiger partial charge in [-0.25, -0.2) is 9.97 Å². The first-order valence-electron chi connectivity index (χ1n) is 4.40. The van der Waals surface area contributed by atoms with E-state index in [9.17, 15) is 0 Å². The predicted molar refractivity (Wildman–Crippen MR) is 46.8 cm³/mol. The van der Waals surface area contributed by atoms with Crippen molar-refractivity contribution in [2.45, 2.75) is 25.2 Å². The van der Waals surface area contributed by atoms with Gasteiger partial charge in [-0.15, -0.1) is 0 Å². The molecule has 2 N–H and O–H groups in total. The van der Waals surface area contributed by atoms with Crippen LogP contribution in [0.5, 0.6) is 0 Å². The van der Waals surface area contributed by atoms with Crippen LogP contribution in [0.25, 0.3) is 0 Å². The van der Waals surface area contributed by atoms with E-state index < -0.39 is 0 Å². The highest BCUT2D eigenvalue weighted by atomic mass is 14.8. The number of fused-ring (bicyclic) bond motifs is 1. The highest BCUT2D eigenvalue weighted by Gasteiger charge is 2.19. The Bertz CT molecular complexity index is 272. The van der Waals surface area contributed by atoms with Crippen LogP contribution < -0.4 is 5.73 Å². The molecule has 0 aromatic carbocycles. The van der Waals surface area contributed by atoms with Crippen molar-refractivity contribution in [1.82, 2.24) is 9.97 Å². The zero-order chi connectivity index (χ0) is 8.39. The van der Waals surface area contributed by atoms with Crippen molar-refractivity contribution >= 4 is 0 Å². The summed E-state index contributed by atoms with van der Waals surface area (Å²) in [6.45, 7) is 0.712. The molecule has 0 saturated heterocycles. The molecule has 0 saturated carbocycles. The fraction of sp³-hybridized carbons (Fsp3) is 0.556. The number of nitrogens with two attached hydrogens (primary N) is 1. The van der Waals surface area contributed by atoms with Gasteiger partial charge >= 0.3 is 0 Å². The van der Waals surface area contributed by atoms with Gasteiger partial charge in [0, 0.05) is 18.7 Å². The molecule has 0 amide bonds. The van der Waals surface area contributed by atoms with Crippen LogP contribution in [0.4, 0.5) is 0 Å². The Morgan fingerprint density at radius 2 is 2.50 bits per heavy atom. The predicted octanol–water partition coefficient (Wildman–Crippen LogP) is 0.855. The maximum Gasteiger partial charge on any atom is 0.115 e. The monoisotopic (exact) mass is 163 g/mol. The minimum Gasteiger partial charge on any atom is -0.330 e. The molecular weight excluding hydrogens is 150 g/mol. The second-order valence-electron chi connectivity index (χ2n) is 3.26. The second kappa shape index (κ2) is 3.19. The summed E-state index contributed by atoms with van der Waals surface area (Å²) < 4.78 is 0. The summed E-state index contributed by atoms with van der Waals surface area (Å²) in [5.41, 5.74) is 8.13. The zero-order valence-electron chi connectivity index (χ0n) is 7.03. The van der Waals surface area contributed by atoms with Crippen LogP contribution in [0, 0.1) is 0 Å². The first kappa shape index (κ1) is 7.68. The molecule has 1 aromatic rings. The Morgan fingerprint density at radius 3 is 3.33 bits per heavy atom. The summed E-state index contributed by atoms with van der Waals surface area (Å²) in [7, 11) is 0. The van der Waals surface area contributed by atoms with E-state index in [1.807, 2.05) is 6.20 Å². The molecule has 12 heavy (non-hydrogen) atoms. The lowest BCUT2D eigenvalue weighted by Gasteiger charge is -2.21. The van der Waals surface area contributed by atoms with Crippen LogP contribution in [0.3, 0.4) is 0 Å². The number of aromatic nitrogens is 2. The molecule has 0 radical (unpaired) electrons. The molecule has 64 valence electrons. The quantitative estimate of drug-likeness (QED) is 0.668. The fourth-order valence-electron chi connectivity index (χ4n) is 1.83. The number of aryl methyl sites for hydroxylation is 1. The SMILES string of the molecule is NCC1CCCc2cncnc21. The van der Waals surface area contributed by atoms with Crippen molar-refractivity contribution in [2.75, 3.05) is 6.54 Å². The van der Waals surface area contributed by atoms with E-state index in [1.165, 1.54) is 24.1 Å². The minimum absolute atomic E-state index is 0.469. The molecule has 1 aromatic heterocycles. The van der Waals surface area contributed by atoms with E-state index in [1.54, 1.807) is 6.33 Å². The summed E-state index contributed by atoms with van der Waals surface area (Å²) in [6, 6.07) is 0. The van der Waals surface area contributed by atoms with E-state index in [-0.39, 0.29) is 0 Å². The van der Waals surface area contributed by atoms with Gasteiger partial charge in [0.1, 0.15) is 6.33 Å². The molecule has 1 atom stereocenters. The van der Waals surface area contributed by atoms with Gasteiger partial charge in [-0.3, -0.25) is 0 Å². The van der Waals surface area contributed by atoms with Crippen molar-refractivity contribution in [3.05, 3.63) is 23.8 Å². The lowest BCUT2D eigenvalue weighted by atomic mass is 9.87. The largest absolute Gasteiger partial charge is 0.330 e. The molecule has 3 nitrogen and oxygen atoms in total. The summed E-state index contributed by atoms with van der Waals surface area (Å²) in [5, 5.41) is 0. The lowest BCUT2D eigenvalue weighted by molar-refractivity contribution is 0.542. The molecule has 3 heteroatoms. The third-order valence-electron chi connectivity index (χ3n) is 2.49. The van der Waals surface area contributed by atoms with E-state index in [0.717, 1.165) is 6.42 Å². The molecular formula is C9H13N3. The Balaban J connectivity index is 2.37. The van der Waals surface area contributed by atoms with Crippen LogP contribution in [-0.2, 0) is 6.42 Å². The average Bonchev–Trinajstić information content (AvgIpc) is 2.17. The van der Waals surface area contributed by atoms with Crippen LogP contribution in [-0.4, -0.2) is 16.5 Å². The molecule has 2 rings (SSSR count). The van der Waals surface area contributed by atoms with Crippen molar-refractivity contribution in [3.63, 3.8) is 0 Å². The van der Waals surface area contributed by atoms with Gasteiger partial charge in [0.25, 0.3) is 0 Å². The second-order valence-corrected chi connectivity index (χ2v) is 3.26. The Labute approximate surface area is 72.0 Å². The summed E-state index contributed by atoms with van der Waals surface area (Å²) in [6.07, 6.45) is 7.06. The van der Waals surface area contributed by atoms with Gasteiger partial charge in [-0.1, -0.05) is 0 Å². The molecule has 0 spiro atoms. The van der Waals surface area contributed by atoms with Gasteiger partial charge in [0.15, 0.2) is 0 Å². The van der Waals surface area contributed by atoms with Crippen molar-refractivity contribution in [3.8, 4) is 0 Å². The van der Waals surface area contributed by atoms with Gasteiger partial charge in [0.2, 0.25) is 0 Å². The summed E-state index contributed by atoms with van der Waals surface area (Å²) in [4.78, 5) is 8.30. The van der Waals surface area contributed by atoms with E-state index in [0.29, 0.717) is 12.5 Å². The van der Waals surface area contributed by atoms with Gasteiger partial charge in [-0.2, -0.15) is 0 Å². The van der Waals surface area contributed by atoms with Gasteiger partial charge in [-0.05, 0) is 24.8 Å². The van der Waals surface area contributed by atoms with Gasteiger partial charge in [0.05, 0.1) is 5.69 Å². The highest BCUT2D eigenvalue weighted by molar-refractivity contribution is 5.23. The Morgan fingerprint density at radius 1 is 1.58 bits per heavy atom. The number of nitrogens with zero attached hydrogens (tertiary/aromatic N) is 2. The van der Waals surface area contributed by atoms with Crippen LogP contribution in [0.1, 0.15) is 30.0 Å². The molecule has 1 heterocycles. The van der Waals surface area contributed by atoms with Crippen LogP contribution in [0.15, 0.2) is 12.5 Å². The summed E-state index contributed by atoms with van der Waals surface area (Å²) >= 11 is 0. The highest BCUT2D eigenvalue weighted by Crippen LogP contribution is 2.27. The molecule has 0 bridgehead atoms. The first-order chi connectivity index (χ1) is 5.92. The molecule has 1 aliphatic rings. The third-order valence-corrected chi connectivity index (χ3v) is 2.49. The van der Waals surface area contributed by atoms with Gasteiger partial charge < -0.3 is 5.73 Å². The van der Waals surface area contributed by atoms with Crippen molar-refractivity contribution < 1.29 is 0 Å². The summed E-state index contributed by atoms with van der Waals surface area (Å²) in [5.74, 6) is 0.469. The molecule has 1 aliphatic carbocycles. The van der Waals surface area contributed by atoms with Crippen LogP contribution >= 0.6 is 0 Å². The van der Waals surface area contributed by atoms with E-state index >= 15 is 0 Å². The van der Waals surface area contributed by atoms with Crippen LogP contribution in [0.2, 0.25) is 0 Å². The third kappa shape index (κ3) is 1.20. The smallest absolute Gasteiger partial charge is 0.115 e. The zero-order valence-corrected chi connectivity index (χ0v) is 7.03. The topological polar surface area (TPSA) is 51.8 Å². The van der Waals surface area contributed by atoms with Crippen molar-refractivity contribution in [1.29, 1.82) is 0 Å². The normalized spacial score (nSPS) is 21.9. The number of rotatable bonds is 1. The maximum atomic E-state index is 5.66. The number of hydrogen-bond acceptors (Lipinski definition) is 3. The van der Waals surface area contributed by atoms with E-state index in [2.05, 4.69) is 9.97 Å². The average molecular weight is 163 g/mol. The fourth-order valence-corrected chi connectivity index (χ4v) is 1.83. The minimum atomic E-state index is 0.469. The molecule has 0 fully saturated rings. The molecule has 0 aliphatic heterocycles. The van der Waals surface area contributed by atoms with Crippen molar-refractivity contribution in [2.24, 2.45) is 5.73 Å². The first-order valence-corrected chi connectivity index (χ1v) is 4.40. The van der Waals surface area contributed by atoms with E-state index in [4.69, 9.17) is 5.73 Å².